The summed E-state index contributed by atoms with van der Waals surface area (Å²) in [6.07, 6.45) is 6.48. The van der Waals surface area contributed by atoms with Crippen molar-refractivity contribution in [3.63, 3.8) is 0 Å². The SMILES string of the molecule is CCCCC(CC)C(NCC)C(C)CCOC. The van der Waals surface area contributed by atoms with E-state index in [-0.39, 0.29) is 0 Å². The number of methoxy groups -OCH3 is 1. The lowest BCUT2D eigenvalue weighted by atomic mass is 9.83. The molecule has 2 nitrogen and oxygen atoms in total. The molecule has 0 rings (SSSR count). The van der Waals surface area contributed by atoms with Gasteiger partial charge in [0, 0.05) is 19.8 Å². The predicted octanol–water partition coefficient (Wildman–Crippen LogP) is 3.85. The van der Waals surface area contributed by atoms with Crippen LogP contribution in [-0.4, -0.2) is 26.3 Å². The lowest BCUT2D eigenvalue weighted by molar-refractivity contribution is 0.154. The summed E-state index contributed by atoms with van der Waals surface area (Å²) in [6, 6.07) is 0.659. The molecule has 3 atom stereocenters. The maximum absolute atomic E-state index is 5.21. The highest BCUT2D eigenvalue weighted by molar-refractivity contribution is 4.80. The zero-order valence-electron chi connectivity index (χ0n) is 12.6. The molecule has 17 heavy (non-hydrogen) atoms. The maximum atomic E-state index is 5.21. The van der Waals surface area contributed by atoms with Crippen LogP contribution in [0.5, 0.6) is 0 Å². The van der Waals surface area contributed by atoms with E-state index < -0.39 is 0 Å². The van der Waals surface area contributed by atoms with E-state index in [1.807, 2.05) is 0 Å². The van der Waals surface area contributed by atoms with Crippen molar-refractivity contribution in [3.05, 3.63) is 0 Å². The molecule has 0 aromatic heterocycles. The molecule has 2 heteroatoms. The smallest absolute Gasteiger partial charge is 0.0465 e. The third kappa shape index (κ3) is 7.05. The number of ether oxygens (including phenoxy) is 1. The first-order chi connectivity index (χ1) is 8.21. The van der Waals surface area contributed by atoms with Crippen molar-refractivity contribution < 1.29 is 4.74 Å². The molecule has 0 aliphatic heterocycles. The third-order valence-corrected chi connectivity index (χ3v) is 3.79. The van der Waals surface area contributed by atoms with Crippen molar-refractivity contribution in [1.82, 2.24) is 5.32 Å². The van der Waals surface area contributed by atoms with Crippen LogP contribution in [0.1, 0.15) is 59.8 Å². The highest BCUT2D eigenvalue weighted by Crippen LogP contribution is 2.24. The summed E-state index contributed by atoms with van der Waals surface area (Å²) < 4.78 is 5.21. The molecular weight excluding hydrogens is 210 g/mol. The van der Waals surface area contributed by atoms with Gasteiger partial charge in [0.2, 0.25) is 0 Å². The minimum absolute atomic E-state index is 0.659. The van der Waals surface area contributed by atoms with Gasteiger partial charge in [-0.2, -0.15) is 0 Å². The van der Waals surface area contributed by atoms with E-state index in [2.05, 4.69) is 33.0 Å². The zero-order valence-corrected chi connectivity index (χ0v) is 12.6. The van der Waals surface area contributed by atoms with Gasteiger partial charge in [-0.25, -0.2) is 0 Å². The van der Waals surface area contributed by atoms with Crippen LogP contribution in [0.25, 0.3) is 0 Å². The second kappa shape index (κ2) is 11.0. The van der Waals surface area contributed by atoms with E-state index in [1.54, 1.807) is 7.11 Å². The zero-order chi connectivity index (χ0) is 13.1. The van der Waals surface area contributed by atoms with Gasteiger partial charge in [0.1, 0.15) is 0 Å². The number of hydrogen-bond donors (Lipinski definition) is 1. The van der Waals surface area contributed by atoms with E-state index in [0.29, 0.717) is 12.0 Å². The standard InChI is InChI=1S/C15H33NO/c1-6-9-10-14(7-2)15(16-8-3)13(4)11-12-17-5/h13-16H,6-12H2,1-5H3. The monoisotopic (exact) mass is 243 g/mol. The van der Waals surface area contributed by atoms with Gasteiger partial charge in [0.05, 0.1) is 0 Å². The van der Waals surface area contributed by atoms with Gasteiger partial charge in [-0.3, -0.25) is 0 Å². The Morgan fingerprint density at radius 3 is 2.29 bits per heavy atom. The van der Waals surface area contributed by atoms with Gasteiger partial charge in [-0.15, -0.1) is 0 Å². The molecular formula is C15H33NO. The summed E-state index contributed by atoms with van der Waals surface area (Å²) in [6.45, 7) is 11.1. The van der Waals surface area contributed by atoms with Crippen molar-refractivity contribution in [2.45, 2.75) is 65.8 Å². The van der Waals surface area contributed by atoms with E-state index in [4.69, 9.17) is 4.74 Å². The number of hydrogen-bond acceptors (Lipinski definition) is 2. The maximum Gasteiger partial charge on any atom is 0.0465 e. The van der Waals surface area contributed by atoms with Gasteiger partial charge in [-0.1, -0.05) is 47.0 Å². The summed E-state index contributed by atoms with van der Waals surface area (Å²) in [5.41, 5.74) is 0. The Hall–Kier alpha value is -0.0800. The second-order valence-corrected chi connectivity index (χ2v) is 5.15. The fourth-order valence-corrected chi connectivity index (χ4v) is 2.66. The second-order valence-electron chi connectivity index (χ2n) is 5.15. The Bertz CT molecular complexity index is 161. The number of rotatable bonds is 11. The molecule has 0 aromatic carbocycles. The van der Waals surface area contributed by atoms with Crippen LogP contribution in [0, 0.1) is 11.8 Å². The van der Waals surface area contributed by atoms with E-state index >= 15 is 0 Å². The average Bonchev–Trinajstić information content (AvgIpc) is 2.35. The van der Waals surface area contributed by atoms with E-state index in [1.165, 1.54) is 25.7 Å². The van der Waals surface area contributed by atoms with Crippen LogP contribution in [0.4, 0.5) is 0 Å². The summed E-state index contributed by atoms with van der Waals surface area (Å²) in [5.74, 6) is 1.53. The van der Waals surface area contributed by atoms with Crippen LogP contribution in [0.3, 0.4) is 0 Å². The first-order valence-corrected chi connectivity index (χ1v) is 7.43. The van der Waals surface area contributed by atoms with Crippen molar-refractivity contribution in [2.24, 2.45) is 11.8 Å². The van der Waals surface area contributed by atoms with Gasteiger partial charge in [0.15, 0.2) is 0 Å². The fraction of sp³-hybridized carbons (Fsp3) is 1.00. The highest BCUT2D eigenvalue weighted by atomic mass is 16.5. The molecule has 1 N–H and O–H groups in total. The van der Waals surface area contributed by atoms with Gasteiger partial charge in [-0.05, 0) is 31.2 Å². The topological polar surface area (TPSA) is 21.3 Å². The Balaban J connectivity index is 4.32. The minimum atomic E-state index is 0.659. The molecule has 0 fully saturated rings. The normalized spacial score (nSPS) is 16.8. The van der Waals surface area contributed by atoms with Gasteiger partial charge < -0.3 is 10.1 Å². The van der Waals surface area contributed by atoms with Crippen LogP contribution in [-0.2, 0) is 4.74 Å². The fourth-order valence-electron chi connectivity index (χ4n) is 2.66. The Morgan fingerprint density at radius 1 is 1.12 bits per heavy atom. The lowest BCUT2D eigenvalue weighted by Gasteiger charge is -2.32. The van der Waals surface area contributed by atoms with Crippen LogP contribution in [0.2, 0.25) is 0 Å². The Labute approximate surface area is 109 Å². The molecule has 0 saturated carbocycles. The molecule has 0 saturated heterocycles. The molecule has 0 radical (unpaired) electrons. The van der Waals surface area contributed by atoms with Crippen LogP contribution >= 0.6 is 0 Å². The Morgan fingerprint density at radius 2 is 1.82 bits per heavy atom. The molecule has 0 aliphatic rings. The lowest BCUT2D eigenvalue weighted by Crippen LogP contribution is -2.41. The largest absolute Gasteiger partial charge is 0.385 e. The molecule has 0 spiro atoms. The highest BCUT2D eigenvalue weighted by Gasteiger charge is 2.24. The minimum Gasteiger partial charge on any atom is -0.385 e. The van der Waals surface area contributed by atoms with Gasteiger partial charge >= 0.3 is 0 Å². The van der Waals surface area contributed by atoms with Crippen molar-refractivity contribution >= 4 is 0 Å². The summed E-state index contributed by atoms with van der Waals surface area (Å²) in [7, 11) is 1.80. The van der Waals surface area contributed by atoms with Crippen LogP contribution in [0.15, 0.2) is 0 Å². The van der Waals surface area contributed by atoms with Crippen molar-refractivity contribution in [2.75, 3.05) is 20.3 Å². The molecule has 0 amide bonds. The first-order valence-electron chi connectivity index (χ1n) is 7.43. The summed E-state index contributed by atoms with van der Waals surface area (Å²) in [4.78, 5) is 0. The van der Waals surface area contributed by atoms with E-state index in [9.17, 15) is 0 Å². The third-order valence-electron chi connectivity index (χ3n) is 3.79. The molecule has 0 heterocycles. The average molecular weight is 243 g/mol. The van der Waals surface area contributed by atoms with Gasteiger partial charge in [0.25, 0.3) is 0 Å². The molecule has 0 aliphatic carbocycles. The Kier molecular flexibility index (Phi) is 11.0. The van der Waals surface area contributed by atoms with E-state index in [0.717, 1.165) is 25.5 Å². The van der Waals surface area contributed by atoms with Crippen molar-refractivity contribution in [1.29, 1.82) is 0 Å². The van der Waals surface area contributed by atoms with Crippen molar-refractivity contribution in [3.8, 4) is 0 Å². The summed E-state index contributed by atoms with van der Waals surface area (Å²) >= 11 is 0. The molecule has 0 aromatic rings. The predicted molar refractivity (Wildman–Crippen MR) is 76.4 cm³/mol. The molecule has 0 bridgehead atoms. The first kappa shape index (κ1) is 16.9. The number of unbranched alkanes of at least 4 members (excludes halogenated alkanes) is 1. The van der Waals surface area contributed by atoms with Crippen LogP contribution < -0.4 is 5.32 Å². The number of nitrogens with one attached hydrogen (secondary N) is 1. The molecule has 3 unspecified atom stereocenters. The summed E-state index contributed by atoms with van der Waals surface area (Å²) in [5, 5.41) is 3.70. The quantitative estimate of drug-likeness (QED) is 0.595. The molecule has 104 valence electrons.